The first-order valence-corrected chi connectivity index (χ1v) is 19.6. The van der Waals surface area contributed by atoms with Crippen molar-refractivity contribution in [2.75, 3.05) is 0 Å². The largest absolute Gasteiger partial charge is 0.456 e. The smallest absolute Gasteiger partial charge is 0.143 e. The molecule has 2 nitrogen and oxygen atoms in total. The molecule has 0 radical (unpaired) electrons. The maximum Gasteiger partial charge on any atom is 0.143 e. The van der Waals surface area contributed by atoms with E-state index >= 15 is 0 Å². The lowest BCUT2D eigenvalue weighted by molar-refractivity contribution is 0.488. The van der Waals surface area contributed by atoms with Crippen LogP contribution in [0.2, 0.25) is 0 Å². The number of hydrogen-bond donors (Lipinski definition) is 0. The fraction of sp³-hybridized carbons (Fsp3) is 0.0182. The Labute approximate surface area is 330 Å². The Balaban J connectivity index is 0.868. The van der Waals surface area contributed by atoms with Crippen LogP contribution in [0.3, 0.4) is 0 Å². The molecule has 10 aromatic rings. The Kier molecular flexibility index (Phi) is 7.02. The van der Waals surface area contributed by atoms with Gasteiger partial charge in [0, 0.05) is 27.5 Å². The van der Waals surface area contributed by atoms with E-state index in [0.717, 1.165) is 89.9 Å². The van der Waals surface area contributed by atoms with E-state index < -0.39 is 0 Å². The van der Waals surface area contributed by atoms with E-state index in [2.05, 4.69) is 182 Å². The summed E-state index contributed by atoms with van der Waals surface area (Å²) < 4.78 is 13.1. The Bertz CT molecular complexity index is 3220. The lowest BCUT2D eigenvalue weighted by Crippen LogP contribution is -1.89. The minimum absolute atomic E-state index is 0.854. The van der Waals surface area contributed by atoms with Gasteiger partial charge in [0.2, 0.25) is 0 Å². The van der Waals surface area contributed by atoms with Crippen molar-refractivity contribution in [3.63, 3.8) is 0 Å². The molecule has 0 bridgehead atoms. The fourth-order valence-corrected chi connectivity index (χ4v) is 9.18. The van der Waals surface area contributed by atoms with E-state index in [0.29, 0.717) is 0 Å². The van der Waals surface area contributed by atoms with Gasteiger partial charge >= 0.3 is 0 Å². The van der Waals surface area contributed by atoms with Crippen LogP contribution in [0.1, 0.15) is 11.1 Å². The third-order valence-electron chi connectivity index (χ3n) is 12.0. The van der Waals surface area contributed by atoms with Crippen molar-refractivity contribution >= 4 is 21.9 Å². The second kappa shape index (κ2) is 12.6. The molecule has 0 N–H and O–H groups in total. The van der Waals surface area contributed by atoms with Crippen LogP contribution in [0.5, 0.6) is 11.5 Å². The maximum atomic E-state index is 6.75. The third-order valence-corrected chi connectivity index (χ3v) is 12.0. The topological polar surface area (TPSA) is 22.4 Å². The van der Waals surface area contributed by atoms with Crippen LogP contribution in [0, 0.1) is 0 Å². The van der Waals surface area contributed by atoms with Gasteiger partial charge in [0.05, 0.1) is 0 Å². The van der Waals surface area contributed by atoms with E-state index in [4.69, 9.17) is 9.15 Å². The lowest BCUT2D eigenvalue weighted by Gasteiger charge is -2.13. The first kappa shape index (κ1) is 31.9. The van der Waals surface area contributed by atoms with E-state index in [1.54, 1.807) is 0 Å². The van der Waals surface area contributed by atoms with Gasteiger partial charge in [0.1, 0.15) is 22.7 Å². The van der Waals surface area contributed by atoms with Crippen LogP contribution in [0.25, 0.3) is 99.8 Å². The van der Waals surface area contributed by atoms with Gasteiger partial charge in [-0.3, -0.25) is 0 Å². The molecule has 1 aliphatic heterocycles. The predicted molar refractivity (Wildman–Crippen MR) is 235 cm³/mol. The number of hydrogen-bond acceptors (Lipinski definition) is 2. The van der Waals surface area contributed by atoms with Crippen molar-refractivity contribution in [3.8, 4) is 89.4 Å². The van der Waals surface area contributed by atoms with Gasteiger partial charge < -0.3 is 9.15 Å². The van der Waals surface area contributed by atoms with Crippen molar-refractivity contribution in [2.24, 2.45) is 0 Å². The second-order valence-electron chi connectivity index (χ2n) is 15.2. The molecule has 2 heteroatoms. The van der Waals surface area contributed by atoms with Crippen LogP contribution >= 0.6 is 0 Å². The number of fused-ring (bicyclic) bond motifs is 11. The highest BCUT2D eigenvalue weighted by Gasteiger charge is 2.23. The van der Waals surface area contributed by atoms with E-state index in [1.807, 2.05) is 12.1 Å². The molecule has 0 amide bonds. The standard InChI is InChI=1S/C55H34O2/c1-2-10-42-40(9-1)33-49-41(14-7-16-44(42)49)36-23-19-34(20-24-36)38-27-29-53-50(31-38)45-11-3-4-12-46(45)51-32-39(28-30-54(51)56-53)35-21-25-37(26-22-35)43-15-8-17-48-47-13-5-6-18-52(47)57-55(43)48/h1-32H,33H2. The Morgan fingerprint density at radius 3 is 1.51 bits per heavy atom. The normalized spacial score (nSPS) is 12.3. The Morgan fingerprint density at radius 1 is 0.316 bits per heavy atom. The summed E-state index contributed by atoms with van der Waals surface area (Å²) in [6, 6.07) is 69.8. The van der Waals surface area contributed by atoms with Gasteiger partial charge in [-0.2, -0.15) is 0 Å². The monoisotopic (exact) mass is 726 g/mol. The molecular formula is C55H34O2. The summed E-state index contributed by atoms with van der Waals surface area (Å²) in [6.07, 6.45) is 0.978. The SMILES string of the molecule is c1ccc2c(c1)Cc1c(-c3ccc(-c4ccc5c(c4)-c4ccccc4-c4cc(-c6ccc(-c7cccc8c7oc7ccccc78)cc6)ccc4O5)cc3)cccc1-2. The molecule has 9 aromatic carbocycles. The van der Waals surface area contributed by atoms with Gasteiger partial charge in [0.15, 0.2) is 0 Å². The first-order chi connectivity index (χ1) is 28.2. The molecule has 57 heavy (non-hydrogen) atoms. The first-order valence-electron chi connectivity index (χ1n) is 19.6. The summed E-state index contributed by atoms with van der Waals surface area (Å²) in [5, 5.41) is 2.28. The zero-order chi connectivity index (χ0) is 37.5. The molecule has 1 aromatic heterocycles. The predicted octanol–water partition coefficient (Wildman–Crippen LogP) is 15.3. The number of para-hydroxylation sites is 2. The lowest BCUT2D eigenvalue weighted by atomic mass is 9.90. The van der Waals surface area contributed by atoms with Crippen LogP contribution in [0.4, 0.5) is 0 Å². The molecular weight excluding hydrogens is 693 g/mol. The van der Waals surface area contributed by atoms with Gasteiger partial charge in [0.25, 0.3) is 0 Å². The molecule has 0 atom stereocenters. The molecule has 0 saturated carbocycles. The molecule has 1 aliphatic carbocycles. The van der Waals surface area contributed by atoms with Crippen molar-refractivity contribution < 1.29 is 9.15 Å². The molecule has 2 heterocycles. The number of furan rings is 1. The maximum absolute atomic E-state index is 6.75. The van der Waals surface area contributed by atoms with Crippen molar-refractivity contribution in [1.29, 1.82) is 0 Å². The summed E-state index contributed by atoms with van der Waals surface area (Å²) in [6.45, 7) is 0. The van der Waals surface area contributed by atoms with Crippen molar-refractivity contribution in [2.45, 2.75) is 6.42 Å². The minimum atomic E-state index is 0.854. The van der Waals surface area contributed by atoms with Gasteiger partial charge in [-0.15, -0.1) is 0 Å². The Hall–Kier alpha value is -7.42. The molecule has 12 rings (SSSR count). The van der Waals surface area contributed by atoms with E-state index in [9.17, 15) is 0 Å². The number of rotatable bonds is 4. The van der Waals surface area contributed by atoms with Crippen LogP contribution in [-0.2, 0) is 6.42 Å². The van der Waals surface area contributed by atoms with Crippen molar-refractivity contribution in [1.82, 2.24) is 0 Å². The zero-order valence-electron chi connectivity index (χ0n) is 31.0. The fourth-order valence-electron chi connectivity index (χ4n) is 9.18. The van der Waals surface area contributed by atoms with E-state index in [1.165, 1.54) is 38.9 Å². The average molecular weight is 727 g/mol. The molecule has 0 spiro atoms. The summed E-state index contributed by atoms with van der Waals surface area (Å²) in [5.74, 6) is 1.71. The Morgan fingerprint density at radius 2 is 0.807 bits per heavy atom. The molecule has 0 saturated heterocycles. The van der Waals surface area contributed by atoms with Crippen LogP contribution < -0.4 is 4.74 Å². The summed E-state index contributed by atoms with van der Waals surface area (Å²) >= 11 is 0. The van der Waals surface area contributed by atoms with E-state index in [-0.39, 0.29) is 0 Å². The second-order valence-corrected chi connectivity index (χ2v) is 15.2. The number of ether oxygens (including phenoxy) is 1. The quantitative estimate of drug-likeness (QED) is 0.180. The molecule has 0 unspecified atom stereocenters. The number of benzene rings is 9. The van der Waals surface area contributed by atoms with Crippen molar-refractivity contribution in [3.05, 3.63) is 205 Å². The van der Waals surface area contributed by atoms with Crippen LogP contribution in [-0.4, -0.2) is 0 Å². The third kappa shape index (κ3) is 5.11. The van der Waals surface area contributed by atoms with Gasteiger partial charge in [-0.25, -0.2) is 0 Å². The highest BCUT2D eigenvalue weighted by molar-refractivity contribution is 6.09. The summed E-state index contributed by atoms with van der Waals surface area (Å²) in [4.78, 5) is 0. The molecule has 2 aliphatic rings. The highest BCUT2D eigenvalue weighted by atomic mass is 16.5. The average Bonchev–Trinajstić information content (AvgIpc) is 3.82. The summed E-state index contributed by atoms with van der Waals surface area (Å²) in [7, 11) is 0. The summed E-state index contributed by atoms with van der Waals surface area (Å²) in [5.41, 5.74) is 21.3. The van der Waals surface area contributed by atoms with Gasteiger partial charge in [-0.1, -0.05) is 164 Å². The molecule has 0 fully saturated rings. The van der Waals surface area contributed by atoms with Gasteiger partial charge in [-0.05, 0) is 109 Å². The minimum Gasteiger partial charge on any atom is -0.456 e. The highest BCUT2D eigenvalue weighted by Crippen LogP contribution is 2.49. The zero-order valence-corrected chi connectivity index (χ0v) is 31.0. The molecule has 266 valence electrons. The van der Waals surface area contributed by atoms with Crippen LogP contribution in [0.15, 0.2) is 199 Å².